The van der Waals surface area contributed by atoms with Crippen molar-refractivity contribution in [1.82, 2.24) is 9.97 Å². The topological polar surface area (TPSA) is 77.8 Å². The van der Waals surface area contributed by atoms with Gasteiger partial charge in [0.1, 0.15) is 0 Å². The Balaban J connectivity index is 2.73. The number of nitrogens with two attached hydrogens (primary N) is 2. The minimum absolute atomic E-state index is 0.536. The molecular formula is C10H10Br2N4. The highest BCUT2D eigenvalue weighted by Gasteiger charge is 2.08. The molecule has 0 aliphatic carbocycles. The van der Waals surface area contributed by atoms with Crippen molar-refractivity contribution in [2.24, 2.45) is 0 Å². The molecule has 0 bridgehead atoms. The van der Waals surface area contributed by atoms with Gasteiger partial charge in [0.2, 0.25) is 0 Å². The number of nitrogens with zero attached hydrogens (tertiary/aromatic N) is 2. The first-order valence-corrected chi connectivity index (χ1v) is 6.86. The number of aromatic nitrogens is 2. The van der Waals surface area contributed by atoms with Crippen LogP contribution >= 0.6 is 31.9 Å². The smallest absolute Gasteiger partial charge is 0.0912 e. The number of halogens is 2. The molecule has 1 aromatic carbocycles. The zero-order valence-corrected chi connectivity index (χ0v) is 11.5. The average Bonchev–Trinajstić information content (AvgIpc) is 2.29. The molecule has 0 unspecified atom stereocenters. The quantitative estimate of drug-likeness (QED) is 0.647. The van der Waals surface area contributed by atoms with E-state index in [1.54, 1.807) is 12.1 Å². The molecule has 2 rings (SSSR count). The number of rotatable bonds is 2. The first-order valence-electron chi connectivity index (χ1n) is 4.62. The molecule has 4 nitrogen and oxygen atoms in total. The van der Waals surface area contributed by atoms with Gasteiger partial charge in [-0.1, -0.05) is 31.9 Å². The Bertz CT molecular complexity index is 493. The lowest BCUT2D eigenvalue weighted by Gasteiger charge is -2.07. The molecule has 0 aliphatic heterocycles. The van der Waals surface area contributed by atoms with Gasteiger partial charge in [-0.2, -0.15) is 0 Å². The van der Waals surface area contributed by atoms with E-state index in [1.807, 2.05) is 0 Å². The van der Waals surface area contributed by atoms with Crippen LogP contribution in [0.25, 0.3) is 11.0 Å². The Hall–Kier alpha value is -0.880. The van der Waals surface area contributed by atoms with Crippen LogP contribution < -0.4 is 11.5 Å². The largest absolute Gasteiger partial charge is 0.397 e. The third-order valence-corrected chi connectivity index (χ3v) is 3.34. The predicted octanol–water partition coefficient (Wildman–Crippen LogP) is 2.58. The Morgan fingerprint density at radius 2 is 1.25 bits per heavy atom. The van der Waals surface area contributed by atoms with E-state index in [0.717, 1.165) is 22.4 Å². The van der Waals surface area contributed by atoms with Gasteiger partial charge >= 0.3 is 0 Å². The maximum Gasteiger partial charge on any atom is 0.0912 e. The molecular weight excluding hydrogens is 336 g/mol. The number of fused-ring (bicyclic) bond motifs is 1. The number of benzene rings is 1. The van der Waals surface area contributed by atoms with E-state index in [-0.39, 0.29) is 0 Å². The van der Waals surface area contributed by atoms with Crippen molar-refractivity contribution in [3.63, 3.8) is 0 Å². The molecule has 2 aromatic rings. The fraction of sp³-hybridized carbons (Fsp3) is 0.200. The number of anilines is 2. The summed E-state index contributed by atoms with van der Waals surface area (Å²) in [7, 11) is 0. The van der Waals surface area contributed by atoms with Gasteiger partial charge in [-0.3, -0.25) is 0 Å². The van der Waals surface area contributed by atoms with E-state index in [0.29, 0.717) is 22.0 Å². The molecule has 1 aromatic heterocycles. The van der Waals surface area contributed by atoms with Gasteiger partial charge in [-0.25, -0.2) is 9.97 Å². The molecule has 16 heavy (non-hydrogen) atoms. The number of alkyl halides is 2. The van der Waals surface area contributed by atoms with Crippen molar-refractivity contribution in [2.75, 3.05) is 11.5 Å². The van der Waals surface area contributed by atoms with Gasteiger partial charge in [-0.05, 0) is 12.1 Å². The molecule has 1 heterocycles. The van der Waals surface area contributed by atoms with Gasteiger partial charge < -0.3 is 11.5 Å². The van der Waals surface area contributed by atoms with Crippen LogP contribution in [-0.4, -0.2) is 9.97 Å². The molecule has 0 fully saturated rings. The van der Waals surface area contributed by atoms with E-state index in [4.69, 9.17) is 11.5 Å². The summed E-state index contributed by atoms with van der Waals surface area (Å²) in [6.07, 6.45) is 0. The summed E-state index contributed by atoms with van der Waals surface area (Å²) < 4.78 is 0. The highest BCUT2D eigenvalue weighted by Crippen LogP contribution is 2.23. The monoisotopic (exact) mass is 344 g/mol. The zero-order valence-electron chi connectivity index (χ0n) is 8.37. The first kappa shape index (κ1) is 11.6. The van der Waals surface area contributed by atoms with Gasteiger partial charge in [0.25, 0.3) is 0 Å². The Morgan fingerprint density at radius 1 is 0.875 bits per heavy atom. The Kier molecular flexibility index (Phi) is 3.30. The first-order chi connectivity index (χ1) is 7.65. The maximum atomic E-state index is 5.73. The summed E-state index contributed by atoms with van der Waals surface area (Å²) in [4.78, 5) is 8.98. The number of nitrogen functional groups attached to an aromatic ring is 2. The van der Waals surface area contributed by atoms with Crippen LogP contribution in [0.15, 0.2) is 12.1 Å². The molecule has 0 spiro atoms. The van der Waals surface area contributed by atoms with Crippen LogP contribution in [0.1, 0.15) is 11.4 Å². The van der Waals surface area contributed by atoms with Crippen molar-refractivity contribution in [2.45, 2.75) is 10.7 Å². The fourth-order valence-electron chi connectivity index (χ4n) is 1.42. The highest BCUT2D eigenvalue weighted by molar-refractivity contribution is 9.09. The molecule has 4 N–H and O–H groups in total. The molecule has 0 saturated heterocycles. The Labute approximate surface area is 110 Å². The molecule has 0 saturated carbocycles. The highest BCUT2D eigenvalue weighted by atomic mass is 79.9. The maximum absolute atomic E-state index is 5.73. The van der Waals surface area contributed by atoms with Crippen molar-refractivity contribution in [3.8, 4) is 0 Å². The van der Waals surface area contributed by atoms with Crippen molar-refractivity contribution in [1.29, 1.82) is 0 Å². The molecule has 6 heteroatoms. The van der Waals surface area contributed by atoms with Crippen molar-refractivity contribution < 1.29 is 0 Å². The van der Waals surface area contributed by atoms with Crippen LogP contribution in [0.5, 0.6) is 0 Å². The van der Waals surface area contributed by atoms with Gasteiger partial charge in [-0.15, -0.1) is 0 Å². The lowest BCUT2D eigenvalue weighted by molar-refractivity contribution is 1.08. The molecule has 0 radical (unpaired) electrons. The summed E-state index contributed by atoms with van der Waals surface area (Å²) >= 11 is 6.78. The average molecular weight is 346 g/mol. The lowest BCUT2D eigenvalue weighted by Crippen LogP contribution is -2.01. The molecule has 0 atom stereocenters. The number of hydrogen-bond donors (Lipinski definition) is 2. The predicted molar refractivity (Wildman–Crippen MR) is 73.6 cm³/mol. The van der Waals surface area contributed by atoms with E-state index in [2.05, 4.69) is 41.8 Å². The third kappa shape index (κ3) is 1.99. The third-order valence-electron chi connectivity index (χ3n) is 2.28. The normalized spacial score (nSPS) is 10.9. The van der Waals surface area contributed by atoms with E-state index in [9.17, 15) is 0 Å². The lowest BCUT2D eigenvalue weighted by atomic mass is 10.2. The van der Waals surface area contributed by atoms with Crippen molar-refractivity contribution >= 4 is 54.3 Å². The van der Waals surface area contributed by atoms with E-state index < -0.39 is 0 Å². The van der Waals surface area contributed by atoms with Crippen LogP contribution in [0.2, 0.25) is 0 Å². The molecule has 0 amide bonds. The van der Waals surface area contributed by atoms with Crippen LogP contribution in [-0.2, 0) is 10.7 Å². The van der Waals surface area contributed by atoms with Gasteiger partial charge in [0.15, 0.2) is 0 Å². The number of hydrogen-bond acceptors (Lipinski definition) is 4. The summed E-state index contributed by atoms with van der Waals surface area (Å²) in [5.74, 6) is 0. The summed E-state index contributed by atoms with van der Waals surface area (Å²) in [6, 6.07) is 3.50. The minimum atomic E-state index is 0.536. The van der Waals surface area contributed by atoms with Crippen LogP contribution in [0, 0.1) is 0 Å². The van der Waals surface area contributed by atoms with Crippen molar-refractivity contribution in [3.05, 3.63) is 23.5 Å². The summed E-state index contributed by atoms with van der Waals surface area (Å²) in [5, 5.41) is 1.34. The van der Waals surface area contributed by atoms with E-state index in [1.165, 1.54) is 0 Å². The summed E-state index contributed by atoms with van der Waals surface area (Å²) in [6.45, 7) is 0. The second kappa shape index (κ2) is 4.55. The molecule has 0 aliphatic rings. The van der Waals surface area contributed by atoms with Crippen LogP contribution in [0.4, 0.5) is 11.4 Å². The Morgan fingerprint density at radius 3 is 1.56 bits per heavy atom. The minimum Gasteiger partial charge on any atom is -0.397 e. The van der Waals surface area contributed by atoms with E-state index >= 15 is 0 Å². The molecule has 84 valence electrons. The summed E-state index contributed by atoms with van der Waals surface area (Å²) in [5.41, 5.74) is 15.9. The SMILES string of the molecule is Nc1cc2nc(CBr)c(CBr)nc2cc1N. The van der Waals surface area contributed by atoms with Gasteiger partial charge in [0.05, 0.1) is 33.8 Å². The standard InChI is InChI=1S/C10H10Br2N4/c11-3-9-10(4-12)16-8-2-6(14)5(13)1-7(8)15-9/h1-2H,3-4,13-14H2. The fourth-order valence-corrected chi connectivity index (χ4v) is 2.32. The zero-order chi connectivity index (χ0) is 11.7. The second-order valence-electron chi connectivity index (χ2n) is 3.35. The second-order valence-corrected chi connectivity index (χ2v) is 4.48. The van der Waals surface area contributed by atoms with Crippen LogP contribution in [0.3, 0.4) is 0 Å². The van der Waals surface area contributed by atoms with Gasteiger partial charge in [0, 0.05) is 10.7 Å².